The molecule has 3 aromatic rings. The van der Waals surface area contributed by atoms with E-state index in [0.29, 0.717) is 36.5 Å². The second-order valence-electron chi connectivity index (χ2n) is 7.25. The molecular formula is C21H31N7O2. The molecule has 2 heterocycles. The van der Waals surface area contributed by atoms with Crippen LogP contribution in [0, 0.1) is 0 Å². The topological polar surface area (TPSA) is 125 Å². The molecule has 9 heteroatoms. The molecule has 0 unspecified atom stereocenters. The van der Waals surface area contributed by atoms with Gasteiger partial charge >= 0.3 is 0 Å². The number of aromatic nitrogens is 4. The van der Waals surface area contributed by atoms with Crippen molar-refractivity contribution in [2.75, 3.05) is 43.5 Å². The van der Waals surface area contributed by atoms with Crippen LogP contribution in [-0.2, 0) is 13.1 Å². The van der Waals surface area contributed by atoms with Gasteiger partial charge in [-0.2, -0.15) is 10.1 Å². The molecule has 9 nitrogen and oxygen atoms in total. The van der Waals surface area contributed by atoms with Crippen LogP contribution in [0.2, 0.25) is 0 Å². The maximum Gasteiger partial charge on any atom is 0.222 e. The number of unbranched alkanes of at least 4 members (excludes halogenated alkanes) is 1. The van der Waals surface area contributed by atoms with Gasteiger partial charge in [0.05, 0.1) is 26.0 Å². The van der Waals surface area contributed by atoms with Crippen molar-refractivity contribution in [1.82, 2.24) is 25.1 Å². The van der Waals surface area contributed by atoms with Gasteiger partial charge in [-0.3, -0.25) is 4.68 Å². The quantitative estimate of drug-likeness (QED) is 0.326. The first-order chi connectivity index (χ1) is 14.6. The van der Waals surface area contributed by atoms with Crippen molar-refractivity contribution in [3.05, 3.63) is 41.6 Å². The van der Waals surface area contributed by atoms with E-state index in [4.69, 9.17) is 15.9 Å². The van der Waals surface area contributed by atoms with Crippen molar-refractivity contribution in [3.63, 3.8) is 0 Å². The second-order valence-corrected chi connectivity index (χ2v) is 7.25. The fourth-order valence-electron chi connectivity index (χ4n) is 3.32. The molecule has 0 aliphatic carbocycles. The average Bonchev–Trinajstić information content (AvgIpc) is 3.14. The van der Waals surface area contributed by atoms with Gasteiger partial charge in [0.2, 0.25) is 5.95 Å². The van der Waals surface area contributed by atoms with Crippen LogP contribution >= 0.6 is 0 Å². The number of aliphatic hydroxyl groups excluding tert-OH is 2. The Hall–Kier alpha value is -2.75. The Morgan fingerprint density at radius 3 is 2.53 bits per heavy atom. The molecule has 0 atom stereocenters. The first-order valence-corrected chi connectivity index (χ1v) is 10.4. The maximum atomic E-state index is 9.47. The van der Waals surface area contributed by atoms with Gasteiger partial charge in [-0.1, -0.05) is 37.6 Å². The fraction of sp³-hybridized carbons (Fsp3) is 0.476. The normalized spacial score (nSPS) is 11.3. The van der Waals surface area contributed by atoms with E-state index >= 15 is 0 Å². The smallest absolute Gasteiger partial charge is 0.222 e. The van der Waals surface area contributed by atoms with E-state index in [9.17, 15) is 5.11 Å². The van der Waals surface area contributed by atoms with Gasteiger partial charge in [0.1, 0.15) is 5.52 Å². The summed E-state index contributed by atoms with van der Waals surface area (Å²) >= 11 is 0. The summed E-state index contributed by atoms with van der Waals surface area (Å²) in [5.41, 5.74) is 9.62. The molecule has 0 bridgehead atoms. The van der Waals surface area contributed by atoms with E-state index in [1.807, 2.05) is 15.8 Å². The Balaban J connectivity index is 1.80. The van der Waals surface area contributed by atoms with Gasteiger partial charge in [0.15, 0.2) is 11.3 Å². The second kappa shape index (κ2) is 10.9. The van der Waals surface area contributed by atoms with E-state index in [1.165, 1.54) is 0 Å². The van der Waals surface area contributed by atoms with Gasteiger partial charge in [-0.05, 0) is 17.5 Å². The van der Waals surface area contributed by atoms with Crippen LogP contribution in [0.4, 0.5) is 11.8 Å². The summed E-state index contributed by atoms with van der Waals surface area (Å²) in [6, 6.07) is 8.28. The number of nitrogen functional groups attached to an aromatic ring is 1. The molecular weight excluding hydrogens is 382 g/mol. The first kappa shape index (κ1) is 21.9. The molecule has 0 aliphatic rings. The number of hydrogen-bond acceptors (Lipinski definition) is 8. The Bertz CT molecular complexity index is 927. The first-order valence-electron chi connectivity index (χ1n) is 10.4. The van der Waals surface area contributed by atoms with Crippen LogP contribution in [0.15, 0.2) is 30.5 Å². The summed E-state index contributed by atoms with van der Waals surface area (Å²) in [4.78, 5) is 10.8. The predicted molar refractivity (Wildman–Crippen MR) is 118 cm³/mol. The van der Waals surface area contributed by atoms with Crippen LogP contribution in [0.5, 0.6) is 0 Å². The Morgan fingerprint density at radius 2 is 1.83 bits per heavy atom. The van der Waals surface area contributed by atoms with Crippen molar-refractivity contribution < 1.29 is 10.2 Å². The minimum atomic E-state index is 0.0370. The number of anilines is 2. The van der Waals surface area contributed by atoms with Crippen molar-refractivity contribution >= 4 is 22.8 Å². The molecule has 0 saturated heterocycles. The van der Waals surface area contributed by atoms with E-state index < -0.39 is 0 Å². The highest BCUT2D eigenvalue weighted by molar-refractivity contribution is 5.86. The zero-order chi connectivity index (χ0) is 21.3. The number of rotatable bonds is 12. The monoisotopic (exact) mass is 413 g/mol. The van der Waals surface area contributed by atoms with Gasteiger partial charge < -0.3 is 26.2 Å². The highest BCUT2D eigenvalue weighted by Crippen LogP contribution is 2.24. The lowest BCUT2D eigenvalue weighted by atomic mass is 10.1. The van der Waals surface area contributed by atoms with Gasteiger partial charge in [-0.25, -0.2) is 4.98 Å². The summed E-state index contributed by atoms with van der Waals surface area (Å²) in [5, 5.41) is 26.2. The number of nitrogens with zero attached hydrogens (tertiary/aromatic N) is 5. The number of benzene rings is 1. The molecule has 0 aliphatic heterocycles. The molecule has 0 fully saturated rings. The SMILES string of the molecule is CCCCN(CCO)c1nc(N)nc2cn(Cc3ccc(CNCCO)cc3)nc12. The summed E-state index contributed by atoms with van der Waals surface area (Å²) in [5.74, 6) is 0.875. The molecule has 5 N–H and O–H groups in total. The molecule has 2 aromatic heterocycles. The lowest BCUT2D eigenvalue weighted by Crippen LogP contribution is -2.29. The number of aliphatic hydroxyl groups is 2. The molecule has 0 spiro atoms. The highest BCUT2D eigenvalue weighted by Gasteiger charge is 2.17. The third-order valence-corrected chi connectivity index (χ3v) is 4.85. The zero-order valence-electron chi connectivity index (χ0n) is 17.5. The Labute approximate surface area is 176 Å². The molecule has 1 aromatic carbocycles. The average molecular weight is 414 g/mol. The highest BCUT2D eigenvalue weighted by atomic mass is 16.3. The standard InChI is InChI=1S/C21H31N7O2/c1-2-3-9-27(10-12-30)20-19-18(24-21(22)25-20)15-28(26-19)14-17-6-4-16(5-7-17)13-23-8-11-29/h4-7,15,23,29-30H,2-3,8-14H2,1H3,(H2,22,24). The number of nitrogens with one attached hydrogen (secondary N) is 1. The van der Waals surface area contributed by atoms with E-state index in [1.54, 1.807) is 0 Å². The minimum absolute atomic E-state index is 0.0370. The van der Waals surface area contributed by atoms with E-state index in [0.717, 1.165) is 37.1 Å². The van der Waals surface area contributed by atoms with E-state index in [2.05, 4.69) is 46.5 Å². The van der Waals surface area contributed by atoms with Crippen molar-refractivity contribution in [3.8, 4) is 0 Å². The molecule has 3 rings (SSSR count). The Morgan fingerprint density at radius 1 is 1.07 bits per heavy atom. The van der Waals surface area contributed by atoms with Gasteiger partial charge in [-0.15, -0.1) is 0 Å². The molecule has 0 amide bonds. The predicted octanol–water partition coefficient (Wildman–Crippen LogP) is 1.14. The largest absolute Gasteiger partial charge is 0.395 e. The maximum absolute atomic E-state index is 9.47. The third kappa shape index (κ3) is 5.65. The minimum Gasteiger partial charge on any atom is -0.395 e. The molecule has 0 radical (unpaired) electrons. The zero-order valence-corrected chi connectivity index (χ0v) is 17.5. The summed E-state index contributed by atoms with van der Waals surface area (Å²) in [7, 11) is 0. The number of fused-ring (bicyclic) bond motifs is 1. The third-order valence-electron chi connectivity index (χ3n) is 4.85. The van der Waals surface area contributed by atoms with Crippen molar-refractivity contribution in [2.24, 2.45) is 0 Å². The van der Waals surface area contributed by atoms with Crippen LogP contribution in [0.1, 0.15) is 30.9 Å². The van der Waals surface area contributed by atoms with Crippen LogP contribution in [-0.4, -0.2) is 62.8 Å². The van der Waals surface area contributed by atoms with E-state index in [-0.39, 0.29) is 19.2 Å². The summed E-state index contributed by atoms with van der Waals surface area (Å²) in [6.45, 7) is 5.47. The molecule has 0 saturated carbocycles. The van der Waals surface area contributed by atoms with Crippen LogP contribution in [0.25, 0.3) is 11.0 Å². The molecule has 162 valence electrons. The Kier molecular flexibility index (Phi) is 7.95. The van der Waals surface area contributed by atoms with Crippen molar-refractivity contribution in [1.29, 1.82) is 0 Å². The lowest BCUT2D eigenvalue weighted by molar-refractivity contribution is 0.292. The summed E-state index contributed by atoms with van der Waals surface area (Å²) in [6.07, 6.45) is 3.92. The van der Waals surface area contributed by atoms with Crippen molar-refractivity contribution in [2.45, 2.75) is 32.9 Å². The van der Waals surface area contributed by atoms with Gasteiger partial charge in [0, 0.05) is 26.2 Å². The lowest BCUT2D eigenvalue weighted by Gasteiger charge is -2.22. The van der Waals surface area contributed by atoms with Crippen LogP contribution in [0.3, 0.4) is 0 Å². The van der Waals surface area contributed by atoms with Crippen LogP contribution < -0.4 is 16.0 Å². The number of nitrogens with two attached hydrogens (primary N) is 1. The number of hydrogen-bond donors (Lipinski definition) is 4. The van der Waals surface area contributed by atoms with Gasteiger partial charge in [0.25, 0.3) is 0 Å². The fourth-order valence-corrected chi connectivity index (χ4v) is 3.32. The molecule has 30 heavy (non-hydrogen) atoms. The summed E-state index contributed by atoms with van der Waals surface area (Å²) < 4.78 is 1.85.